The molecular formula is C18H22N2O3S2. The van der Waals surface area contributed by atoms with Crippen molar-refractivity contribution in [2.45, 2.75) is 31.1 Å². The first-order valence-corrected chi connectivity index (χ1v) is 10.5. The molecule has 7 heteroatoms. The smallest absolute Gasteiger partial charge is 0.265 e. The summed E-state index contributed by atoms with van der Waals surface area (Å²) in [7, 11) is -0.556. The minimum atomic E-state index is -3.52. The fourth-order valence-electron chi connectivity index (χ4n) is 2.96. The van der Waals surface area contributed by atoms with Crippen LogP contribution in [-0.4, -0.2) is 32.7 Å². The van der Waals surface area contributed by atoms with Crippen LogP contribution >= 0.6 is 11.3 Å². The van der Waals surface area contributed by atoms with E-state index >= 15 is 0 Å². The molecule has 1 amide bonds. The van der Waals surface area contributed by atoms with Gasteiger partial charge in [0, 0.05) is 24.7 Å². The van der Waals surface area contributed by atoms with E-state index in [2.05, 4.69) is 12.2 Å². The lowest BCUT2D eigenvalue weighted by molar-refractivity contribution is 0.103. The number of hydrogen-bond donors (Lipinski definition) is 1. The van der Waals surface area contributed by atoms with E-state index in [1.54, 1.807) is 23.5 Å². The second-order valence-electron chi connectivity index (χ2n) is 6.68. The fourth-order valence-corrected chi connectivity index (χ4v) is 5.01. The van der Waals surface area contributed by atoms with Gasteiger partial charge >= 0.3 is 0 Å². The first kappa shape index (κ1) is 18.1. The van der Waals surface area contributed by atoms with Crippen molar-refractivity contribution in [3.63, 3.8) is 0 Å². The van der Waals surface area contributed by atoms with Crippen LogP contribution in [-0.2, 0) is 22.9 Å². The molecule has 1 atom stereocenters. The minimum Gasteiger partial charge on any atom is -0.321 e. The summed E-state index contributed by atoms with van der Waals surface area (Å²) in [6, 6.07) is 8.32. The first-order valence-electron chi connectivity index (χ1n) is 8.23. The number of rotatable bonds is 4. The van der Waals surface area contributed by atoms with Crippen LogP contribution in [0, 0.1) is 5.92 Å². The van der Waals surface area contributed by atoms with Crippen molar-refractivity contribution in [3.05, 3.63) is 45.6 Å². The topological polar surface area (TPSA) is 66.5 Å². The summed E-state index contributed by atoms with van der Waals surface area (Å²) < 4.78 is 25.6. The van der Waals surface area contributed by atoms with Crippen molar-refractivity contribution >= 4 is 33.0 Å². The Labute approximate surface area is 152 Å². The molecule has 0 bridgehead atoms. The number of hydrogen-bond acceptors (Lipinski definition) is 4. The summed E-state index contributed by atoms with van der Waals surface area (Å²) >= 11 is 1.54. The Morgan fingerprint density at radius 3 is 2.76 bits per heavy atom. The number of carbonyl (C=O) groups is 1. The van der Waals surface area contributed by atoms with Gasteiger partial charge < -0.3 is 5.32 Å². The standard InChI is InChI=1S/C18H22N2O3S2/c1-12-7-8-16-13(9-12)10-17(24-16)18(21)19-14-5-4-6-15(11-14)25(22,23)20(2)3/h4-6,10-12H,7-9H2,1-3H3,(H,19,21)/t12-/m0/s1. The molecule has 1 N–H and O–H groups in total. The SMILES string of the molecule is C[C@H]1CCc2sc(C(=O)Nc3cccc(S(=O)(=O)N(C)C)c3)cc2C1. The number of nitrogens with one attached hydrogen (secondary N) is 1. The molecular weight excluding hydrogens is 356 g/mol. The van der Waals surface area contributed by atoms with Gasteiger partial charge in [-0.25, -0.2) is 12.7 Å². The Morgan fingerprint density at radius 1 is 1.28 bits per heavy atom. The normalized spacial score (nSPS) is 17.4. The van der Waals surface area contributed by atoms with Gasteiger partial charge in [-0.15, -0.1) is 11.3 Å². The fraction of sp³-hybridized carbons (Fsp3) is 0.389. The quantitative estimate of drug-likeness (QED) is 0.887. The van der Waals surface area contributed by atoms with Crippen molar-refractivity contribution in [1.82, 2.24) is 4.31 Å². The number of amides is 1. The van der Waals surface area contributed by atoms with Crippen LogP contribution in [0.3, 0.4) is 0 Å². The van der Waals surface area contributed by atoms with E-state index in [1.165, 1.54) is 43.1 Å². The number of carbonyl (C=O) groups excluding carboxylic acids is 1. The van der Waals surface area contributed by atoms with Crippen molar-refractivity contribution < 1.29 is 13.2 Å². The van der Waals surface area contributed by atoms with Gasteiger partial charge in [-0.2, -0.15) is 0 Å². The van der Waals surface area contributed by atoms with Crippen molar-refractivity contribution in [1.29, 1.82) is 0 Å². The maximum atomic E-state index is 12.5. The van der Waals surface area contributed by atoms with Gasteiger partial charge in [0.2, 0.25) is 10.0 Å². The monoisotopic (exact) mass is 378 g/mol. The highest BCUT2D eigenvalue weighted by atomic mass is 32.2. The molecule has 1 aromatic carbocycles. The van der Waals surface area contributed by atoms with E-state index in [-0.39, 0.29) is 10.8 Å². The van der Waals surface area contributed by atoms with Gasteiger partial charge in [0.25, 0.3) is 5.91 Å². The van der Waals surface area contributed by atoms with Crippen molar-refractivity contribution in [2.24, 2.45) is 5.92 Å². The molecule has 1 aromatic heterocycles. The third-order valence-electron chi connectivity index (χ3n) is 4.42. The zero-order valence-corrected chi connectivity index (χ0v) is 16.2. The highest BCUT2D eigenvalue weighted by Crippen LogP contribution is 2.32. The number of nitrogens with zero attached hydrogens (tertiary/aromatic N) is 1. The number of fused-ring (bicyclic) bond motifs is 1. The maximum Gasteiger partial charge on any atom is 0.265 e. The molecule has 25 heavy (non-hydrogen) atoms. The summed E-state index contributed by atoms with van der Waals surface area (Å²) in [5, 5.41) is 2.82. The molecule has 1 aliphatic carbocycles. The molecule has 0 saturated heterocycles. The van der Waals surface area contributed by atoms with E-state index in [1.807, 2.05) is 6.07 Å². The van der Waals surface area contributed by atoms with Crippen LogP contribution < -0.4 is 5.32 Å². The number of thiophene rings is 1. The van der Waals surface area contributed by atoms with Gasteiger partial charge in [-0.3, -0.25) is 4.79 Å². The Hall–Kier alpha value is -1.70. The molecule has 0 spiro atoms. The van der Waals surface area contributed by atoms with E-state index in [4.69, 9.17) is 0 Å². The second-order valence-corrected chi connectivity index (χ2v) is 9.97. The molecule has 0 saturated carbocycles. The molecule has 1 heterocycles. The lowest BCUT2D eigenvalue weighted by Crippen LogP contribution is -2.22. The number of benzene rings is 1. The van der Waals surface area contributed by atoms with Gasteiger partial charge in [0.15, 0.2) is 0 Å². The van der Waals surface area contributed by atoms with E-state index in [9.17, 15) is 13.2 Å². The first-order chi connectivity index (χ1) is 11.8. The third kappa shape index (κ3) is 3.78. The number of anilines is 1. The van der Waals surface area contributed by atoms with Gasteiger partial charge in [-0.1, -0.05) is 13.0 Å². The number of aryl methyl sites for hydroxylation is 1. The third-order valence-corrected chi connectivity index (χ3v) is 7.47. The largest absolute Gasteiger partial charge is 0.321 e. The van der Waals surface area contributed by atoms with Crippen LogP contribution in [0.25, 0.3) is 0 Å². The predicted molar refractivity (Wildman–Crippen MR) is 101 cm³/mol. The molecule has 0 unspecified atom stereocenters. The highest BCUT2D eigenvalue weighted by Gasteiger charge is 2.21. The average Bonchev–Trinajstić information content (AvgIpc) is 2.98. The van der Waals surface area contributed by atoms with E-state index < -0.39 is 10.0 Å². The summed E-state index contributed by atoms with van der Waals surface area (Å²) in [6.45, 7) is 2.23. The Morgan fingerprint density at radius 2 is 2.04 bits per heavy atom. The summed E-state index contributed by atoms with van der Waals surface area (Å²) in [5.74, 6) is 0.470. The molecule has 0 fully saturated rings. The lowest BCUT2D eigenvalue weighted by atomic mass is 9.90. The zero-order valence-electron chi connectivity index (χ0n) is 14.6. The van der Waals surface area contributed by atoms with Crippen LogP contribution in [0.5, 0.6) is 0 Å². The molecule has 0 aliphatic heterocycles. The van der Waals surface area contributed by atoms with Crippen LogP contribution in [0.1, 0.15) is 33.5 Å². The molecule has 0 radical (unpaired) electrons. The Balaban J connectivity index is 1.80. The maximum absolute atomic E-state index is 12.5. The molecule has 2 aromatic rings. The van der Waals surface area contributed by atoms with Gasteiger partial charge in [0.05, 0.1) is 9.77 Å². The van der Waals surface area contributed by atoms with Crippen LogP contribution in [0.4, 0.5) is 5.69 Å². The molecule has 3 rings (SSSR count). The Kier molecular flexibility index (Phi) is 4.99. The highest BCUT2D eigenvalue weighted by molar-refractivity contribution is 7.89. The summed E-state index contributed by atoms with van der Waals surface area (Å²) in [5.41, 5.74) is 1.76. The van der Waals surface area contributed by atoms with Crippen LogP contribution in [0.15, 0.2) is 35.2 Å². The van der Waals surface area contributed by atoms with E-state index in [0.717, 1.165) is 17.1 Å². The van der Waals surface area contributed by atoms with Crippen LogP contribution in [0.2, 0.25) is 0 Å². The summed E-state index contributed by atoms with van der Waals surface area (Å²) in [6.07, 6.45) is 3.22. The number of sulfonamides is 1. The average molecular weight is 379 g/mol. The molecule has 5 nitrogen and oxygen atoms in total. The van der Waals surface area contributed by atoms with Gasteiger partial charge in [0.1, 0.15) is 0 Å². The zero-order chi connectivity index (χ0) is 18.2. The lowest BCUT2D eigenvalue weighted by Gasteiger charge is -2.16. The van der Waals surface area contributed by atoms with Crippen molar-refractivity contribution in [2.75, 3.05) is 19.4 Å². The minimum absolute atomic E-state index is 0.162. The van der Waals surface area contributed by atoms with Crippen molar-refractivity contribution in [3.8, 4) is 0 Å². The predicted octanol–water partition coefficient (Wildman–Crippen LogP) is 3.38. The van der Waals surface area contributed by atoms with Gasteiger partial charge in [-0.05, 0) is 55.0 Å². The molecule has 1 aliphatic rings. The summed E-state index contributed by atoms with van der Waals surface area (Å²) in [4.78, 5) is 14.7. The molecule has 134 valence electrons. The van der Waals surface area contributed by atoms with E-state index in [0.29, 0.717) is 16.5 Å². The second kappa shape index (κ2) is 6.90. The Bertz CT molecular complexity index is 901.